The van der Waals surface area contributed by atoms with E-state index in [0.29, 0.717) is 13.2 Å². The van der Waals surface area contributed by atoms with Crippen LogP contribution in [0.1, 0.15) is 25.0 Å². The largest absolute Gasteiger partial charge is 0.366 e. The average molecular weight is 378 g/mol. The maximum atomic E-state index is 10.1. The minimum absolute atomic E-state index is 0.0376. The number of methoxy groups -OCH3 is 1. The molecule has 0 aliphatic carbocycles. The summed E-state index contributed by atoms with van der Waals surface area (Å²) < 4.78 is 22.7. The van der Waals surface area contributed by atoms with E-state index in [9.17, 15) is 5.11 Å². The van der Waals surface area contributed by atoms with E-state index in [0.717, 1.165) is 11.1 Å². The summed E-state index contributed by atoms with van der Waals surface area (Å²) in [5.74, 6) is 0.0376. The van der Waals surface area contributed by atoms with E-state index in [1.807, 2.05) is 74.5 Å². The molecule has 0 aliphatic heterocycles. The lowest BCUT2D eigenvalue weighted by Crippen LogP contribution is -2.34. The fraction of sp³-hybridized carbons (Fsp3) is 0.400. The van der Waals surface area contributed by atoms with E-state index >= 15 is 0 Å². The zero-order valence-corrected chi connectivity index (χ0v) is 16.3. The molecule has 2 atom stereocenters. The molecule has 0 spiro atoms. The Morgan fingerprint density at radius 2 is 1.31 bits per heavy atom. The Hall–Kier alpha value is -1.33. The Bertz CT molecular complexity index is 565. The number of benzene rings is 2. The molecule has 0 saturated heterocycles. The molecular weight excluding hydrogens is 351 g/mol. The van der Waals surface area contributed by atoms with E-state index in [1.54, 1.807) is 0 Å². The highest BCUT2D eigenvalue weighted by Gasteiger charge is 2.29. The molecule has 1 N–H and O–H groups in total. The van der Waals surface area contributed by atoms with Gasteiger partial charge in [0.2, 0.25) is 0 Å². The van der Waals surface area contributed by atoms with E-state index in [1.165, 1.54) is 7.11 Å². The van der Waals surface area contributed by atoms with Gasteiger partial charge in [-0.25, -0.2) is 0 Å². The summed E-state index contributed by atoms with van der Waals surface area (Å²) in [6.07, 6.45) is -1.58. The van der Waals surface area contributed by atoms with Crippen molar-refractivity contribution in [1.29, 1.82) is 0 Å². The van der Waals surface area contributed by atoms with Crippen molar-refractivity contribution < 1.29 is 23.4 Å². The number of hydrogen-bond acceptors (Lipinski definition) is 5. The Kier molecular flexibility index (Phi) is 9.19. The zero-order chi connectivity index (χ0) is 18.8. The molecule has 26 heavy (non-hydrogen) atoms. The molecule has 0 aromatic heterocycles. The standard InChI is InChI=1S/C20H27O5P/c1-16(2)19(20(21)22-3)25-26(23-14-17-10-6-4-7-11-17)24-15-18-12-8-5-9-13-18/h4-13,16,19-21H,14-15H2,1-3H3/t19-,20?/m0/s1. The highest BCUT2D eigenvalue weighted by molar-refractivity contribution is 7.41. The van der Waals surface area contributed by atoms with Crippen LogP contribution in [0.15, 0.2) is 60.7 Å². The molecule has 0 radical (unpaired) electrons. The third-order valence-electron chi connectivity index (χ3n) is 3.75. The van der Waals surface area contributed by atoms with Gasteiger partial charge in [-0.2, -0.15) is 0 Å². The van der Waals surface area contributed by atoms with Crippen molar-refractivity contribution in [2.45, 2.75) is 39.5 Å². The number of hydrogen-bond donors (Lipinski definition) is 1. The van der Waals surface area contributed by atoms with Gasteiger partial charge in [0.05, 0.1) is 13.2 Å². The van der Waals surface area contributed by atoms with Crippen molar-refractivity contribution in [3.05, 3.63) is 71.8 Å². The van der Waals surface area contributed by atoms with Crippen molar-refractivity contribution in [2.75, 3.05) is 7.11 Å². The highest BCUT2D eigenvalue weighted by atomic mass is 31.2. The highest BCUT2D eigenvalue weighted by Crippen LogP contribution is 2.44. The van der Waals surface area contributed by atoms with Crippen LogP contribution in [-0.2, 0) is 31.5 Å². The number of ether oxygens (including phenoxy) is 1. The summed E-state index contributed by atoms with van der Waals surface area (Å²) in [5, 5.41) is 10.1. The average Bonchev–Trinajstić information content (AvgIpc) is 2.68. The van der Waals surface area contributed by atoms with Crippen LogP contribution in [0, 0.1) is 5.92 Å². The quantitative estimate of drug-likeness (QED) is 0.455. The first kappa shape index (κ1) is 21.0. The van der Waals surface area contributed by atoms with Crippen molar-refractivity contribution in [3.8, 4) is 0 Å². The normalized spacial score (nSPS) is 13.9. The molecule has 0 bridgehead atoms. The molecule has 0 saturated carbocycles. The van der Waals surface area contributed by atoms with Crippen LogP contribution in [0.4, 0.5) is 0 Å². The first-order valence-electron chi connectivity index (χ1n) is 8.61. The summed E-state index contributed by atoms with van der Waals surface area (Å²) in [6.45, 7) is 4.65. The molecule has 5 nitrogen and oxygen atoms in total. The third-order valence-corrected chi connectivity index (χ3v) is 4.84. The lowest BCUT2D eigenvalue weighted by atomic mass is 10.1. The molecule has 142 valence electrons. The van der Waals surface area contributed by atoms with Gasteiger partial charge in [0, 0.05) is 7.11 Å². The van der Waals surface area contributed by atoms with E-state index < -0.39 is 21.0 Å². The second kappa shape index (κ2) is 11.4. The number of rotatable bonds is 11. The van der Waals surface area contributed by atoms with Gasteiger partial charge in [0.1, 0.15) is 6.10 Å². The minimum Gasteiger partial charge on any atom is -0.366 e. The van der Waals surface area contributed by atoms with Gasteiger partial charge in [0.25, 0.3) is 0 Å². The van der Waals surface area contributed by atoms with Crippen molar-refractivity contribution >= 4 is 8.60 Å². The van der Waals surface area contributed by atoms with Gasteiger partial charge in [0.15, 0.2) is 6.29 Å². The maximum Gasteiger partial charge on any atom is 0.333 e. The third kappa shape index (κ3) is 7.12. The minimum atomic E-state index is -1.66. The Labute approximate surface area is 156 Å². The molecule has 2 aromatic rings. The van der Waals surface area contributed by atoms with Gasteiger partial charge < -0.3 is 23.4 Å². The van der Waals surface area contributed by atoms with Crippen molar-refractivity contribution in [1.82, 2.24) is 0 Å². The lowest BCUT2D eigenvalue weighted by molar-refractivity contribution is -0.151. The van der Waals surface area contributed by atoms with E-state index in [4.69, 9.17) is 18.3 Å². The van der Waals surface area contributed by atoms with Gasteiger partial charge in [-0.15, -0.1) is 0 Å². The van der Waals surface area contributed by atoms with Crippen LogP contribution in [0.25, 0.3) is 0 Å². The van der Waals surface area contributed by atoms with E-state index in [-0.39, 0.29) is 5.92 Å². The fourth-order valence-electron chi connectivity index (χ4n) is 2.24. The van der Waals surface area contributed by atoms with Crippen molar-refractivity contribution in [3.63, 3.8) is 0 Å². The van der Waals surface area contributed by atoms with Crippen LogP contribution in [0.2, 0.25) is 0 Å². The summed E-state index contributed by atoms with van der Waals surface area (Å²) >= 11 is 0. The lowest BCUT2D eigenvalue weighted by Gasteiger charge is -2.28. The van der Waals surface area contributed by atoms with Crippen LogP contribution in [0.5, 0.6) is 0 Å². The Morgan fingerprint density at radius 3 is 1.69 bits per heavy atom. The molecule has 0 heterocycles. The first-order chi connectivity index (χ1) is 12.6. The van der Waals surface area contributed by atoms with Gasteiger partial charge in [-0.05, 0) is 17.0 Å². The Morgan fingerprint density at radius 1 is 0.846 bits per heavy atom. The predicted octanol–water partition coefficient (Wildman–Crippen LogP) is 4.65. The van der Waals surface area contributed by atoms with Crippen LogP contribution < -0.4 is 0 Å². The second-order valence-electron chi connectivity index (χ2n) is 6.18. The van der Waals surface area contributed by atoms with Crippen molar-refractivity contribution in [2.24, 2.45) is 5.92 Å². The number of aliphatic hydroxyl groups excluding tert-OH is 1. The number of aliphatic hydroxyl groups is 1. The van der Waals surface area contributed by atoms with Gasteiger partial charge >= 0.3 is 8.60 Å². The molecule has 1 unspecified atom stereocenters. The fourth-order valence-corrected chi connectivity index (χ4v) is 3.49. The van der Waals surface area contributed by atoms with Gasteiger partial charge in [-0.3, -0.25) is 0 Å². The molecule has 0 amide bonds. The van der Waals surface area contributed by atoms with Crippen LogP contribution >= 0.6 is 8.60 Å². The smallest absolute Gasteiger partial charge is 0.333 e. The van der Waals surface area contributed by atoms with Crippen LogP contribution in [0.3, 0.4) is 0 Å². The van der Waals surface area contributed by atoms with Crippen LogP contribution in [-0.4, -0.2) is 24.6 Å². The maximum absolute atomic E-state index is 10.1. The Balaban J connectivity index is 2.01. The molecular formula is C20H27O5P. The van der Waals surface area contributed by atoms with E-state index in [2.05, 4.69) is 0 Å². The first-order valence-corrected chi connectivity index (χ1v) is 9.71. The molecule has 6 heteroatoms. The predicted molar refractivity (Wildman–Crippen MR) is 102 cm³/mol. The monoisotopic (exact) mass is 378 g/mol. The molecule has 0 aliphatic rings. The SMILES string of the molecule is COC(O)[C@@H](OP(OCc1ccccc1)OCc1ccccc1)C(C)C. The summed E-state index contributed by atoms with van der Waals surface area (Å²) in [4.78, 5) is 0. The molecule has 2 aromatic carbocycles. The summed E-state index contributed by atoms with van der Waals surface area (Å²) in [7, 11) is -0.212. The summed E-state index contributed by atoms with van der Waals surface area (Å²) in [5.41, 5.74) is 2.06. The zero-order valence-electron chi connectivity index (χ0n) is 15.4. The molecule has 2 rings (SSSR count). The van der Waals surface area contributed by atoms with Gasteiger partial charge in [-0.1, -0.05) is 74.5 Å². The topological polar surface area (TPSA) is 57.2 Å². The second-order valence-corrected chi connectivity index (χ2v) is 7.36. The molecule has 0 fully saturated rings. The summed E-state index contributed by atoms with van der Waals surface area (Å²) in [6, 6.07) is 19.7.